The van der Waals surface area contributed by atoms with Gasteiger partial charge in [0.25, 0.3) is 0 Å². The van der Waals surface area contributed by atoms with Crippen LogP contribution in [0.1, 0.15) is 5.56 Å². The van der Waals surface area contributed by atoms with E-state index < -0.39 is 24.5 Å². The van der Waals surface area contributed by atoms with Gasteiger partial charge in [-0.1, -0.05) is 22.0 Å². The zero-order chi connectivity index (χ0) is 11.6. The maximum absolute atomic E-state index is 12.6. The Labute approximate surface area is 91.9 Å². The molecule has 0 saturated carbocycles. The Morgan fingerprint density at radius 2 is 1.93 bits per heavy atom. The van der Waals surface area contributed by atoms with Gasteiger partial charge in [0.1, 0.15) is 5.82 Å². The predicted molar refractivity (Wildman–Crippen MR) is 49.9 cm³/mol. The molecule has 0 amide bonds. The molecule has 1 rings (SSSR count). The van der Waals surface area contributed by atoms with Crippen LogP contribution in [-0.2, 0) is 6.42 Å². The Balaban J connectivity index is 2.82. The molecule has 1 unspecified atom stereocenters. The Morgan fingerprint density at radius 3 is 2.40 bits per heavy atom. The lowest BCUT2D eigenvalue weighted by atomic mass is 10.1. The van der Waals surface area contributed by atoms with Gasteiger partial charge in [0.05, 0.1) is 0 Å². The Kier molecular flexibility index (Phi) is 3.72. The van der Waals surface area contributed by atoms with Gasteiger partial charge < -0.3 is 5.11 Å². The smallest absolute Gasteiger partial charge is 0.383 e. The summed E-state index contributed by atoms with van der Waals surface area (Å²) in [7, 11) is 0. The number of hydrogen-bond donors (Lipinski definition) is 1. The zero-order valence-corrected chi connectivity index (χ0v) is 8.94. The Morgan fingerprint density at radius 1 is 1.33 bits per heavy atom. The fourth-order valence-electron chi connectivity index (χ4n) is 1.01. The van der Waals surface area contributed by atoms with Crippen molar-refractivity contribution >= 4 is 15.9 Å². The molecule has 1 nitrogen and oxygen atoms in total. The van der Waals surface area contributed by atoms with E-state index in [9.17, 15) is 17.6 Å². The average molecular weight is 287 g/mol. The molecule has 0 aliphatic carbocycles. The molecule has 15 heavy (non-hydrogen) atoms. The van der Waals surface area contributed by atoms with Crippen LogP contribution in [-0.4, -0.2) is 17.4 Å². The van der Waals surface area contributed by atoms with Crippen molar-refractivity contribution in [1.29, 1.82) is 0 Å². The third kappa shape index (κ3) is 3.46. The molecule has 0 bridgehead atoms. The standard InChI is InChI=1S/C9H7BrF4O/c10-7-4-6(11)2-1-5(7)3-8(15)9(12,13)14/h1-2,4,8,15H,3H2. The third-order valence-corrected chi connectivity index (χ3v) is 2.54. The number of halogens is 5. The number of alkyl halides is 3. The van der Waals surface area contributed by atoms with E-state index in [2.05, 4.69) is 15.9 Å². The quantitative estimate of drug-likeness (QED) is 0.829. The van der Waals surface area contributed by atoms with Crippen molar-refractivity contribution in [2.24, 2.45) is 0 Å². The minimum Gasteiger partial charge on any atom is -0.383 e. The van der Waals surface area contributed by atoms with E-state index >= 15 is 0 Å². The number of benzene rings is 1. The molecule has 0 aliphatic rings. The molecular formula is C9H7BrF4O. The number of aliphatic hydroxyl groups is 1. The largest absolute Gasteiger partial charge is 0.414 e. The average Bonchev–Trinajstić information content (AvgIpc) is 2.08. The van der Waals surface area contributed by atoms with Gasteiger partial charge in [0.15, 0.2) is 6.10 Å². The molecular weight excluding hydrogens is 280 g/mol. The zero-order valence-electron chi connectivity index (χ0n) is 7.35. The second-order valence-corrected chi connectivity index (χ2v) is 3.85. The summed E-state index contributed by atoms with van der Waals surface area (Å²) in [6.45, 7) is 0. The lowest BCUT2D eigenvalue weighted by Crippen LogP contribution is -2.30. The summed E-state index contributed by atoms with van der Waals surface area (Å²) in [5.41, 5.74) is 0.209. The van der Waals surface area contributed by atoms with Crippen molar-refractivity contribution in [3.63, 3.8) is 0 Å². The predicted octanol–water partition coefficient (Wildman–Crippen LogP) is 3.05. The molecule has 6 heteroatoms. The highest BCUT2D eigenvalue weighted by Gasteiger charge is 2.38. The second-order valence-electron chi connectivity index (χ2n) is 3.00. The number of hydrogen-bond acceptors (Lipinski definition) is 1. The van der Waals surface area contributed by atoms with Crippen LogP contribution >= 0.6 is 15.9 Å². The second kappa shape index (κ2) is 4.49. The summed E-state index contributed by atoms with van der Waals surface area (Å²) < 4.78 is 48.8. The van der Waals surface area contributed by atoms with E-state index in [0.717, 1.165) is 12.1 Å². The number of rotatable bonds is 2. The highest BCUT2D eigenvalue weighted by Crippen LogP contribution is 2.26. The molecule has 0 aromatic heterocycles. The SMILES string of the molecule is OC(Cc1ccc(F)cc1Br)C(F)(F)F. The van der Waals surface area contributed by atoms with E-state index in [0.29, 0.717) is 0 Å². The molecule has 0 saturated heterocycles. The first-order valence-corrected chi connectivity index (χ1v) is 4.78. The van der Waals surface area contributed by atoms with E-state index in [-0.39, 0.29) is 10.0 Å². The number of aliphatic hydroxyl groups excluding tert-OH is 1. The first-order valence-electron chi connectivity index (χ1n) is 3.99. The van der Waals surface area contributed by atoms with Gasteiger partial charge in [-0.05, 0) is 17.7 Å². The maximum atomic E-state index is 12.6. The van der Waals surface area contributed by atoms with Gasteiger partial charge in [-0.2, -0.15) is 13.2 Å². The van der Waals surface area contributed by atoms with Crippen molar-refractivity contribution in [2.75, 3.05) is 0 Å². The van der Waals surface area contributed by atoms with Crippen LogP contribution in [0.15, 0.2) is 22.7 Å². The highest BCUT2D eigenvalue weighted by atomic mass is 79.9. The van der Waals surface area contributed by atoms with Crippen LogP contribution < -0.4 is 0 Å². The molecule has 1 N–H and O–H groups in total. The van der Waals surface area contributed by atoms with Crippen LogP contribution in [0, 0.1) is 5.82 Å². The van der Waals surface area contributed by atoms with Crippen LogP contribution in [0.2, 0.25) is 0 Å². The summed E-state index contributed by atoms with van der Waals surface area (Å²) in [5, 5.41) is 8.79. The first kappa shape index (κ1) is 12.4. The van der Waals surface area contributed by atoms with E-state index in [1.165, 1.54) is 6.07 Å². The van der Waals surface area contributed by atoms with E-state index in [1.54, 1.807) is 0 Å². The third-order valence-electron chi connectivity index (χ3n) is 1.81. The summed E-state index contributed by atoms with van der Waals surface area (Å²) in [6.07, 6.45) is -7.68. The van der Waals surface area contributed by atoms with Gasteiger partial charge in [0, 0.05) is 10.9 Å². The summed E-state index contributed by atoms with van der Waals surface area (Å²) in [6, 6.07) is 3.30. The molecule has 0 fully saturated rings. The van der Waals surface area contributed by atoms with Gasteiger partial charge in [-0.25, -0.2) is 4.39 Å². The van der Waals surface area contributed by atoms with Crippen LogP contribution in [0.25, 0.3) is 0 Å². The monoisotopic (exact) mass is 286 g/mol. The van der Waals surface area contributed by atoms with Crippen molar-refractivity contribution < 1.29 is 22.7 Å². The minimum absolute atomic E-state index is 0.209. The molecule has 0 heterocycles. The molecule has 0 radical (unpaired) electrons. The molecule has 0 aliphatic heterocycles. The van der Waals surface area contributed by atoms with Gasteiger partial charge >= 0.3 is 6.18 Å². The highest BCUT2D eigenvalue weighted by molar-refractivity contribution is 9.10. The normalized spacial score (nSPS) is 14.0. The van der Waals surface area contributed by atoms with E-state index in [4.69, 9.17) is 5.11 Å². The topological polar surface area (TPSA) is 20.2 Å². The Hall–Kier alpha value is -0.620. The first-order chi connectivity index (χ1) is 6.80. The maximum Gasteiger partial charge on any atom is 0.414 e. The molecule has 84 valence electrons. The van der Waals surface area contributed by atoms with Crippen LogP contribution in [0.4, 0.5) is 17.6 Å². The fourth-order valence-corrected chi connectivity index (χ4v) is 1.52. The van der Waals surface area contributed by atoms with Gasteiger partial charge in [-0.3, -0.25) is 0 Å². The van der Waals surface area contributed by atoms with Crippen LogP contribution in [0.3, 0.4) is 0 Å². The Bertz CT molecular complexity index is 350. The molecule has 0 spiro atoms. The van der Waals surface area contributed by atoms with Gasteiger partial charge in [0.2, 0.25) is 0 Å². The van der Waals surface area contributed by atoms with E-state index in [1.807, 2.05) is 0 Å². The van der Waals surface area contributed by atoms with Crippen molar-refractivity contribution in [3.05, 3.63) is 34.1 Å². The lowest BCUT2D eigenvalue weighted by Gasteiger charge is -2.15. The van der Waals surface area contributed by atoms with Crippen molar-refractivity contribution in [1.82, 2.24) is 0 Å². The van der Waals surface area contributed by atoms with Crippen molar-refractivity contribution in [3.8, 4) is 0 Å². The fraction of sp³-hybridized carbons (Fsp3) is 0.333. The summed E-state index contributed by atoms with van der Waals surface area (Å²) in [4.78, 5) is 0. The summed E-state index contributed by atoms with van der Waals surface area (Å²) >= 11 is 2.92. The molecule has 1 atom stereocenters. The van der Waals surface area contributed by atoms with Crippen LogP contribution in [0.5, 0.6) is 0 Å². The molecule has 1 aromatic carbocycles. The summed E-state index contributed by atoms with van der Waals surface area (Å²) in [5.74, 6) is -0.549. The molecule has 1 aromatic rings. The van der Waals surface area contributed by atoms with Crippen molar-refractivity contribution in [2.45, 2.75) is 18.7 Å². The lowest BCUT2D eigenvalue weighted by molar-refractivity contribution is -0.203. The minimum atomic E-state index is -4.66. The van der Waals surface area contributed by atoms with Gasteiger partial charge in [-0.15, -0.1) is 0 Å².